The van der Waals surface area contributed by atoms with Crippen LogP contribution in [0, 0.1) is 11.7 Å². The Hall–Kier alpha value is -0.930. The molecule has 1 fully saturated rings. The van der Waals surface area contributed by atoms with Gasteiger partial charge >= 0.3 is 0 Å². The fourth-order valence-corrected chi connectivity index (χ4v) is 2.62. The summed E-state index contributed by atoms with van der Waals surface area (Å²) in [6, 6.07) is 5.16. The number of likely N-dealkylation sites (tertiary alicyclic amines) is 1. The average Bonchev–Trinajstić information content (AvgIpc) is 2.28. The van der Waals surface area contributed by atoms with E-state index in [1.54, 1.807) is 6.07 Å². The lowest BCUT2D eigenvalue weighted by Crippen LogP contribution is -2.33. The Morgan fingerprint density at radius 1 is 1.35 bits per heavy atom. The van der Waals surface area contributed by atoms with Gasteiger partial charge in [0.25, 0.3) is 0 Å². The standard InChI is InChI=1S/C14H21FN2/c1-11-3-2-4-17(9-11)10-13-5-12(8-16)6-14(15)7-13/h5-7,11H,2-4,8-10,16H2,1H3. The molecular formula is C14H21FN2. The fraction of sp³-hybridized carbons (Fsp3) is 0.571. The highest BCUT2D eigenvalue weighted by Gasteiger charge is 2.16. The molecule has 1 saturated heterocycles. The second-order valence-electron chi connectivity index (χ2n) is 5.15. The Balaban J connectivity index is 2.04. The van der Waals surface area contributed by atoms with Crippen molar-refractivity contribution in [3.63, 3.8) is 0 Å². The summed E-state index contributed by atoms with van der Waals surface area (Å²) in [5.74, 6) is 0.583. The van der Waals surface area contributed by atoms with E-state index in [1.807, 2.05) is 6.07 Å². The molecule has 0 bridgehead atoms. The van der Waals surface area contributed by atoms with Crippen molar-refractivity contribution in [3.8, 4) is 0 Å². The molecule has 0 aliphatic carbocycles. The molecule has 1 aromatic rings. The van der Waals surface area contributed by atoms with Crippen molar-refractivity contribution in [3.05, 3.63) is 35.1 Å². The summed E-state index contributed by atoms with van der Waals surface area (Å²) in [5, 5.41) is 0. The van der Waals surface area contributed by atoms with Gasteiger partial charge in [0.1, 0.15) is 5.82 Å². The van der Waals surface area contributed by atoms with E-state index < -0.39 is 0 Å². The summed E-state index contributed by atoms with van der Waals surface area (Å²) in [6.07, 6.45) is 2.56. The maximum Gasteiger partial charge on any atom is 0.123 e. The van der Waals surface area contributed by atoms with E-state index in [-0.39, 0.29) is 5.82 Å². The molecule has 1 aliphatic rings. The summed E-state index contributed by atoms with van der Waals surface area (Å²) in [6.45, 7) is 5.77. The molecule has 0 amide bonds. The van der Waals surface area contributed by atoms with Gasteiger partial charge in [-0.15, -0.1) is 0 Å². The lowest BCUT2D eigenvalue weighted by Gasteiger charge is -2.30. The number of benzene rings is 1. The van der Waals surface area contributed by atoms with Gasteiger partial charge in [-0.05, 0) is 48.6 Å². The topological polar surface area (TPSA) is 29.3 Å². The second kappa shape index (κ2) is 5.61. The molecule has 17 heavy (non-hydrogen) atoms. The van der Waals surface area contributed by atoms with Crippen LogP contribution in [0.4, 0.5) is 4.39 Å². The maximum absolute atomic E-state index is 13.4. The van der Waals surface area contributed by atoms with Crippen LogP contribution < -0.4 is 5.73 Å². The van der Waals surface area contributed by atoms with Gasteiger partial charge in [-0.3, -0.25) is 4.90 Å². The molecule has 0 spiro atoms. The van der Waals surface area contributed by atoms with Crippen LogP contribution in [0.5, 0.6) is 0 Å². The molecule has 2 rings (SSSR count). The lowest BCUT2D eigenvalue weighted by molar-refractivity contribution is 0.176. The molecule has 3 heteroatoms. The molecule has 1 heterocycles. The Morgan fingerprint density at radius 3 is 2.82 bits per heavy atom. The van der Waals surface area contributed by atoms with Crippen LogP contribution in [0.1, 0.15) is 30.9 Å². The van der Waals surface area contributed by atoms with Gasteiger partial charge in [0.15, 0.2) is 0 Å². The van der Waals surface area contributed by atoms with Gasteiger partial charge < -0.3 is 5.73 Å². The summed E-state index contributed by atoms with van der Waals surface area (Å²) in [5.41, 5.74) is 7.48. The van der Waals surface area contributed by atoms with E-state index in [0.29, 0.717) is 6.54 Å². The van der Waals surface area contributed by atoms with Crippen LogP contribution in [-0.2, 0) is 13.1 Å². The zero-order valence-electron chi connectivity index (χ0n) is 10.5. The lowest BCUT2D eigenvalue weighted by atomic mass is 9.99. The van der Waals surface area contributed by atoms with Crippen molar-refractivity contribution >= 4 is 0 Å². The first kappa shape index (κ1) is 12.5. The summed E-state index contributed by atoms with van der Waals surface area (Å²) < 4.78 is 13.4. The van der Waals surface area contributed by atoms with E-state index >= 15 is 0 Å². The number of hydrogen-bond acceptors (Lipinski definition) is 2. The summed E-state index contributed by atoms with van der Waals surface area (Å²) >= 11 is 0. The predicted molar refractivity (Wildman–Crippen MR) is 68.0 cm³/mol. The predicted octanol–water partition coefficient (Wildman–Crippen LogP) is 2.52. The van der Waals surface area contributed by atoms with Crippen LogP contribution >= 0.6 is 0 Å². The van der Waals surface area contributed by atoms with E-state index in [9.17, 15) is 4.39 Å². The zero-order chi connectivity index (χ0) is 12.3. The number of nitrogens with two attached hydrogens (primary N) is 1. The first-order valence-electron chi connectivity index (χ1n) is 6.38. The SMILES string of the molecule is CC1CCCN(Cc2cc(F)cc(CN)c2)C1. The monoisotopic (exact) mass is 236 g/mol. The van der Waals surface area contributed by atoms with E-state index in [1.165, 1.54) is 18.9 Å². The van der Waals surface area contributed by atoms with E-state index in [4.69, 9.17) is 5.73 Å². The molecule has 0 saturated carbocycles. The van der Waals surface area contributed by atoms with Crippen LogP contribution in [0.3, 0.4) is 0 Å². The highest BCUT2D eigenvalue weighted by molar-refractivity contribution is 5.24. The van der Waals surface area contributed by atoms with Crippen LogP contribution in [0.15, 0.2) is 18.2 Å². The van der Waals surface area contributed by atoms with Crippen molar-refractivity contribution in [1.82, 2.24) is 4.90 Å². The molecule has 0 aromatic heterocycles. The molecule has 2 N–H and O–H groups in total. The maximum atomic E-state index is 13.4. The van der Waals surface area contributed by atoms with Crippen LogP contribution in [0.25, 0.3) is 0 Å². The molecule has 1 aliphatic heterocycles. The number of hydrogen-bond donors (Lipinski definition) is 1. The summed E-state index contributed by atoms with van der Waals surface area (Å²) in [4.78, 5) is 2.41. The number of rotatable bonds is 3. The molecule has 94 valence electrons. The highest BCUT2D eigenvalue weighted by Crippen LogP contribution is 2.18. The smallest absolute Gasteiger partial charge is 0.123 e. The largest absolute Gasteiger partial charge is 0.326 e. The van der Waals surface area contributed by atoms with Crippen molar-refractivity contribution in [2.45, 2.75) is 32.9 Å². The van der Waals surface area contributed by atoms with Gasteiger partial charge in [-0.2, -0.15) is 0 Å². The quantitative estimate of drug-likeness (QED) is 0.873. The second-order valence-corrected chi connectivity index (χ2v) is 5.15. The van der Waals surface area contributed by atoms with Crippen molar-refractivity contribution in [1.29, 1.82) is 0 Å². The van der Waals surface area contributed by atoms with Gasteiger partial charge in [-0.25, -0.2) is 4.39 Å². The van der Waals surface area contributed by atoms with Crippen LogP contribution in [-0.4, -0.2) is 18.0 Å². The first-order chi connectivity index (χ1) is 8.17. The third-order valence-electron chi connectivity index (χ3n) is 3.40. The normalized spacial score (nSPS) is 21.7. The molecule has 1 atom stereocenters. The first-order valence-corrected chi connectivity index (χ1v) is 6.38. The minimum atomic E-state index is -0.173. The molecular weight excluding hydrogens is 215 g/mol. The number of nitrogens with zero attached hydrogens (tertiary/aromatic N) is 1. The molecule has 2 nitrogen and oxygen atoms in total. The Labute approximate surface area is 103 Å². The van der Waals surface area contributed by atoms with Crippen molar-refractivity contribution < 1.29 is 4.39 Å². The average molecular weight is 236 g/mol. The minimum absolute atomic E-state index is 0.173. The Kier molecular flexibility index (Phi) is 4.13. The third kappa shape index (κ3) is 3.51. The molecule has 1 unspecified atom stereocenters. The molecule has 0 radical (unpaired) electrons. The Morgan fingerprint density at radius 2 is 2.12 bits per heavy atom. The number of piperidine rings is 1. The van der Waals surface area contributed by atoms with Crippen molar-refractivity contribution in [2.24, 2.45) is 11.7 Å². The molecule has 1 aromatic carbocycles. The van der Waals surface area contributed by atoms with Gasteiger partial charge in [0.2, 0.25) is 0 Å². The van der Waals surface area contributed by atoms with Gasteiger partial charge in [-0.1, -0.05) is 13.0 Å². The van der Waals surface area contributed by atoms with Crippen molar-refractivity contribution in [2.75, 3.05) is 13.1 Å². The minimum Gasteiger partial charge on any atom is -0.326 e. The fourth-order valence-electron chi connectivity index (χ4n) is 2.62. The number of halogens is 1. The van der Waals surface area contributed by atoms with Crippen LogP contribution in [0.2, 0.25) is 0 Å². The van der Waals surface area contributed by atoms with E-state index in [0.717, 1.165) is 36.7 Å². The zero-order valence-corrected chi connectivity index (χ0v) is 10.5. The Bertz CT molecular complexity index is 378. The van der Waals surface area contributed by atoms with Gasteiger partial charge in [0, 0.05) is 19.6 Å². The highest BCUT2D eigenvalue weighted by atomic mass is 19.1. The van der Waals surface area contributed by atoms with E-state index in [2.05, 4.69) is 11.8 Å². The summed E-state index contributed by atoms with van der Waals surface area (Å²) in [7, 11) is 0. The third-order valence-corrected chi connectivity index (χ3v) is 3.40. The van der Waals surface area contributed by atoms with Gasteiger partial charge in [0.05, 0.1) is 0 Å².